The summed E-state index contributed by atoms with van der Waals surface area (Å²) in [6.07, 6.45) is 7.55. The second-order valence-electron chi connectivity index (χ2n) is 6.91. The van der Waals surface area contributed by atoms with Crippen molar-refractivity contribution in [1.82, 2.24) is 20.2 Å². The SMILES string of the molecule is CCC[C@H]1CN(Cc2ncccn2)C[C@@H]1NC(=O)C1CCOCC1. The number of ether oxygens (including phenoxy) is 1. The maximum atomic E-state index is 12.6. The Hall–Kier alpha value is -1.53. The number of hydrogen-bond acceptors (Lipinski definition) is 5. The Morgan fingerprint density at radius 2 is 2.04 bits per heavy atom. The summed E-state index contributed by atoms with van der Waals surface area (Å²) in [6, 6.07) is 2.08. The monoisotopic (exact) mass is 332 g/mol. The van der Waals surface area contributed by atoms with Crippen molar-refractivity contribution in [3.05, 3.63) is 24.3 Å². The van der Waals surface area contributed by atoms with Crippen LogP contribution in [0.25, 0.3) is 0 Å². The van der Waals surface area contributed by atoms with Crippen molar-refractivity contribution >= 4 is 5.91 Å². The summed E-state index contributed by atoms with van der Waals surface area (Å²) < 4.78 is 5.36. The average Bonchev–Trinajstić information content (AvgIpc) is 2.98. The highest BCUT2D eigenvalue weighted by Gasteiger charge is 2.34. The first kappa shape index (κ1) is 17.3. The highest BCUT2D eigenvalue weighted by Crippen LogP contribution is 2.24. The van der Waals surface area contributed by atoms with E-state index in [0.29, 0.717) is 19.1 Å². The van der Waals surface area contributed by atoms with Crippen molar-refractivity contribution in [1.29, 1.82) is 0 Å². The number of nitrogens with zero attached hydrogens (tertiary/aromatic N) is 3. The number of aromatic nitrogens is 2. The zero-order chi connectivity index (χ0) is 16.8. The molecular formula is C18H28N4O2. The molecule has 3 rings (SSSR count). The van der Waals surface area contributed by atoms with Crippen molar-refractivity contribution < 1.29 is 9.53 Å². The molecule has 0 unspecified atom stereocenters. The lowest BCUT2D eigenvalue weighted by Crippen LogP contribution is -2.44. The van der Waals surface area contributed by atoms with Gasteiger partial charge in [-0.3, -0.25) is 9.69 Å². The topological polar surface area (TPSA) is 67.4 Å². The van der Waals surface area contributed by atoms with Crippen LogP contribution in [0.3, 0.4) is 0 Å². The molecule has 2 saturated heterocycles. The highest BCUT2D eigenvalue weighted by molar-refractivity contribution is 5.79. The molecule has 2 atom stereocenters. The standard InChI is InChI=1S/C18H28N4O2/c1-2-4-15-11-22(13-17-19-7-3-8-20-17)12-16(15)21-18(23)14-5-9-24-10-6-14/h3,7-8,14-16H,2,4-6,9-13H2,1H3,(H,21,23)/t15-,16-/m0/s1. The predicted molar refractivity (Wildman–Crippen MR) is 91.2 cm³/mol. The molecule has 0 aliphatic carbocycles. The van der Waals surface area contributed by atoms with Crippen LogP contribution in [0.2, 0.25) is 0 Å². The Morgan fingerprint density at radius 3 is 2.75 bits per heavy atom. The molecule has 0 radical (unpaired) electrons. The van der Waals surface area contributed by atoms with Gasteiger partial charge >= 0.3 is 0 Å². The third-order valence-electron chi connectivity index (χ3n) is 5.08. The van der Waals surface area contributed by atoms with Crippen LogP contribution in [-0.2, 0) is 16.1 Å². The van der Waals surface area contributed by atoms with E-state index < -0.39 is 0 Å². The van der Waals surface area contributed by atoms with Crippen LogP contribution in [0.1, 0.15) is 38.4 Å². The molecule has 2 aliphatic rings. The summed E-state index contributed by atoms with van der Waals surface area (Å²) in [5.41, 5.74) is 0. The molecule has 3 heterocycles. The van der Waals surface area contributed by atoms with E-state index in [1.54, 1.807) is 12.4 Å². The molecule has 0 aromatic carbocycles. The quantitative estimate of drug-likeness (QED) is 0.857. The van der Waals surface area contributed by atoms with E-state index >= 15 is 0 Å². The zero-order valence-electron chi connectivity index (χ0n) is 14.5. The number of rotatable bonds is 6. The Morgan fingerprint density at radius 1 is 1.29 bits per heavy atom. The number of likely N-dealkylation sites (tertiary alicyclic amines) is 1. The predicted octanol–water partition coefficient (Wildman–Crippen LogP) is 1.62. The van der Waals surface area contributed by atoms with E-state index in [-0.39, 0.29) is 17.9 Å². The van der Waals surface area contributed by atoms with Crippen LogP contribution in [0.4, 0.5) is 0 Å². The van der Waals surface area contributed by atoms with Crippen molar-refractivity contribution in [2.75, 3.05) is 26.3 Å². The van der Waals surface area contributed by atoms with Gasteiger partial charge in [0.25, 0.3) is 0 Å². The van der Waals surface area contributed by atoms with Crippen LogP contribution < -0.4 is 5.32 Å². The van der Waals surface area contributed by atoms with Crippen LogP contribution in [0, 0.1) is 11.8 Å². The Labute approximate surface area is 144 Å². The Bertz CT molecular complexity index is 519. The summed E-state index contributed by atoms with van der Waals surface area (Å²) in [6.45, 7) is 6.27. The van der Waals surface area contributed by atoms with Crippen LogP contribution in [-0.4, -0.2) is 53.1 Å². The fourth-order valence-electron chi connectivity index (χ4n) is 3.79. The Kier molecular flexibility index (Phi) is 6.15. The molecule has 24 heavy (non-hydrogen) atoms. The first-order chi connectivity index (χ1) is 11.8. The van der Waals surface area contributed by atoms with Gasteiger partial charge in [0.15, 0.2) is 0 Å². The zero-order valence-corrected chi connectivity index (χ0v) is 14.5. The number of amides is 1. The molecule has 0 spiro atoms. The lowest BCUT2D eigenvalue weighted by atomic mass is 9.95. The molecule has 2 fully saturated rings. The number of nitrogens with one attached hydrogen (secondary N) is 1. The summed E-state index contributed by atoms with van der Waals surface area (Å²) >= 11 is 0. The largest absolute Gasteiger partial charge is 0.381 e. The van der Waals surface area contributed by atoms with E-state index in [1.165, 1.54) is 0 Å². The molecule has 1 N–H and O–H groups in total. The van der Waals surface area contributed by atoms with Gasteiger partial charge in [-0.1, -0.05) is 13.3 Å². The smallest absolute Gasteiger partial charge is 0.223 e. The van der Waals surface area contributed by atoms with Gasteiger partial charge in [0.1, 0.15) is 5.82 Å². The van der Waals surface area contributed by atoms with Crippen LogP contribution in [0.5, 0.6) is 0 Å². The van der Waals surface area contributed by atoms with Gasteiger partial charge in [0.2, 0.25) is 5.91 Å². The van der Waals surface area contributed by atoms with Gasteiger partial charge in [0.05, 0.1) is 6.54 Å². The minimum atomic E-state index is 0.118. The molecule has 1 aromatic heterocycles. The summed E-state index contributed by atoms with van der Waals surface area (Å²) in [4.78, 5) is 23.6. The lowest BCUT2D eigenvalue weighted by Gasteiger charge is -2.25. The second-order valence-corrected chi connectivity index (χ2v) is 6.91. The van der Waals surface area contributed by atoms with Gasteiger partial charge in [-0.05, 0) is 31.2 Å². The maximum Gasteiger partial charge on any atom is 0.223 e. The van der Waals surface area contributed by atoms with Gasteiger partial charge in [-0.25, -0.2) is 9.97 Å². The van der Waals surface area contributed by atoms with Gasteiger partial charge in [-0.15, -0.1) is 0 Å². The third-order valence-corrected chi connectivity index (χ3v) is 5.08. The normalized spacial score (nSPS) is 25.7. The molecule has 132 valence electrons. The molecule has 1 aromatic rings. The first-order valence-electron chi connectivity index (χ1n) is 9.12. The lowest BCUT2D eigenvalue weighted by molar-refractivity contribution is -0.128. The Balaban J connectivity index is 1.57. The van der Waals surface area contributed by atoms with E-state index in [0.717, 1.165) is 51.1 Å². The third kappa shape index (κ3) is 4.51. The highest BCUT2D eigenvalue weighted by atomic mass is 16.5. The van der Waals surface area contributed by atoms with E-state index in [9.17, 15) is 4.79 Å². The molecule has 1 amide bonds. The maximum absolute atomic E-state index is 12.6. The molecule has 0 bridgehead atoms. The average molecular weight is 332 g/mol. The van der Waals surface area contributed by atoms with Crippen molar-refractivity contribution in [3.63, 3.8) is 0 Å². The van der Waals surface area contributed by atoms with E-state index in [2.05, 4.69) is 27.1 Å². The minimum absolute atomic E-state index is 0.118. The minimum Gasteiger partial charge on any atom is -0.381 e. The fraction of sp³-hybridized carbons (Fsp3) is 0.722. The van der Waals surface area contributed by atoms with Gasteiger partial charge in [0, 0.05) is 50.7 Å². The van der Waals surface area contributed by atoms with Gasteiger partial charge < -0.3 is 10.1 Å². The van der Waals surface area contributed by atoms with Crippen molar-refractivity contribution in [2.45, 2.75) is 45.2 Å². The molecule has 2 aliphatic heterocycles. The summed E-state index contributed by atoms with van der Waals surface area (Å²) in [7, 11) is 0. The molecule has 6 nitrogen and oxygen atoms in total. The second kappa shape index (κ2) is 8.53. The number of carbonyl (C=O) groups excluding carboxylic acids is 1. The molecule has 0 saturated carbocycles. The molecule has 6 heteroatoms. The number of carbonyl (C=O) groups is 1. The van der Waals surface area contributed by atoms with Gasteiger partial charge in [-0.2, -0.15) is 0 Å². The first-order valence-corrected chi connectivity index (χ1v) is 9.12. The van der Waals surface area contributed by atoms with E-state index in [1.807, 2.05) is 6.07 Å². The molecular weight excluding hydrogens is 304 g/mol. The number of hydrogen-bond donors (Lipinski definition) is 1. The van der Waals surface area contributed by atoms with Crippen molar-refractivity contribution in [3.8, 4) is 0 Å². The summed E-state index contributed by atoms with van der Waals surface area (Å²) in [5, 5.41) is 3.32. The summed E-state index contributed by atoms with van der Waals surface area (Å²) in [5.74, 6) is 1.70. The van der Waals surface area contributed by atoms with Crippen LogP contribution >= 0.6 is 0 Å². The van der Waals surface area contributed by atoms with Crippen molar-refractivity contribution in [2.24, 2.45) is 11.8 Å². The van der Waals surface area contributed by atoms with E-state index in [4.69, 9.17) is 4.74 Å². The fourth-order valence-corrected chi connectivity index (χ4v) is 3.79. The van der Waals surface area contributed by atoms with Crippen LogP contribution in [0.15, 0.2) is 18.5 Å².